The molecule has 0 aliphatic carbocycles. The molecule has 5 nitrogen and oxygen atoms in total. The molecule has 2 bridgehead atoms. The molecular weight excluding hydrogens is 341 g/mol. The lowest BCUT2D eigenvalue weighted by Gasteiger charge is -2.21. The van der Waals surface area contributed by atoms with E-state index in [1.165, 1.54) is 0 Å². The van der Waals surface area contributed by atoms with E-state index in [1.807, 2.05) is 0 Å². The van der Waals surface area contributed by atoms with Crippen LogP contribution in [0.3, 0.4) is 0 Å². The van der Waals surface area contributed by atoms with Crippen LogP contribution in [0.25, 0.3) is 0 Å². The van der Waals surface area contributed by atoms with Gasteiger partial charge in [-0.05, 0) is 43.0 Å². The lowest BCUT2D eigenvalue weighted by Crippen LogP contribution is -2.46. The van der Waals surface area contributed by atoms with Crippen molar-refractivity contribution >= 4 is 35.1 Å². The number of amides is 1. The molecule has 7 heteroatoms. The van der Waals surface area contributed by atoms with E-state index in [-0.39, 0.29) is 30.5 Å². The van der Waals surface area contributed by atoms with Crippen molar-refractivity contribution in [1.29, 1.82) is 0 Å². The Balaban J connectivity index is 1.67. The van der Waals surface area contributed by atoms with Crippen molar-refractivity contribution in [3.63, 3.8) is 0 Å². The van der Waals surface area contributed by atoms with E-state index in [9.17, 15) is 14.7 Å². The Bertz CT molecular complexity index is 616. The molecule has 2 heterocycles. The summed E-state index contributed by atoms with van der Waals surface area (Å²) in [5, 5.41) is 12.9. The fourth-order valence-electron chi connectivity index (χ4n) is 3.36. The largest absolute Gasteiger partial charge is 0.480 e. The summed E-state index contributed by atoms with van der Waals surface area (Å²) < 4.78 is 5.65. The number of aliphatic carboxylic acids is 1. The van der Waals surface area contributed by atoms with Crippen molar-refractivity contribution < 1.29 is 19.4 Å². The standard InChI is InChI=1S/C16H17Cl2NO4/c17-9-3-8(4-10(18)6-9)5-13(16(21)22)19-15(20)12-7-11-1-2-14(12)23-11/h3-4,6,11-14H,1-2,5,7H2,(H,19,20)(H,21,22). The average molecular weight is 358 g/mol. The molecule has 0 saturated carbocycles. The van der Waals surface area contributed by atoms with Crippen LogP contribution in [0.15, 0.2) is 18.2 Å². The van der Waals surface area contributed by atoms with Crippen molar-refractivity contribution in [2.75, 3.05) is 0 Å². The molecule has 2 saturated heterocycles. The van der Waals surface area contributed by atoms with Gasteiger partial charge in [-0.3, -0.25) is 4.79 Å². The van der Waals surface area contributed by atoms with Gasteiger partial charge in [-0.2, -0.15) is 0 Å². The lowest BCUT2D eigenvalue weighted by molar-refractivity contribution is -0.142. The molecule has 0 aromatic heterocycles. The number of carbonyl (C=O) groups excluding carboxylic acids is 1. The summed E-state index contributed by atoms with van der Waals surface area (Å²) in [4.78, 5) is 23.8. The molecule has 124 valence electrons. The summed E-state index contributed by atoms with van der Waals surface area (Å²) >= 11 is 11.9. The molecule has 1 aromatic carbocycles. The Morgan fingerprint density at radius 2 is 1.96 bits per heavy atom. The van der Waals surface area contributed by atoms with Gasteiger partial charge in [0.15, 0.2) is 0 Å². The SMILES string of the molecule is O=C(O)C(Cc1cc(Cl)cc(Cl)c1)NC(=O)C1CC2CCC1O2. The Morgan fingerprint density at radius 3 is 2.48 bits per heavy atom. The van der Waals surface area contributed by atoms with Gasteiger partial charge in [-0.15, -0.1) is 0 Å². The third-order valence-corrected chi connectivity index (χ3v) is 4.86. The molecule has 0 radical (unpaired) electrons. The van der Waals surface area contributed by atoms with Crippen LogP contribution in [0.1, 0.15) is 24.8 Å². The highest BCUT2D eigenvalue weighted by Crippen LogP contribution is 2.38. The molecule has 2 fully saturated rings. The van der Waals surface area contributed by atoms with Crippen LogP contribution in [0.2, 0.25) is 10.0 Å². The van der Waals surface area contributed by atoms with Gasteiger partial charge >= 0.3 is 5.97 Å². The Kier molecular flexibility index (Phi) is 4.80. The molecule has 4 atom stereocenters. The van der Waals surface area contributed by atoms with Gasteiger partial charge in [0.05, 0.1) is 18.1 Å². The second kappa shape index (κ2) is 6.67. The molecule has 0 spiro atoms. The number of carboxylic acid groups (broad SMARTS) is 1. The van der Waals surface area contributed by atoms with E-state index < -0.39 is 12.0 Å². The summed E-state index contributed by atoms with van der Waals surface area (Å²) in [6, 6.07) is 3.86. The lowest BCUT2D eigenvalue weighted by atomic mass is 9.88. The molecule has 2 aliphatic heterocycles. The number of rotatable bonds is 5. The van der Waals surface area contributed by atoms with Crippen LogP contribution in [0.4, 0.5) is 0 Å². The van der Waals surface area contributed by atoms with E-state index in [1.54, 1.807) is 18.2 Å². The average Bonchev–Trinajstić information content (AvgIpc) is 3.07. The van der Waals surface area contributed by atoms with Crippen LogP contribution >= 0.6 is 23.2 Å². The molecule has 1 amide bonds. The molecule has 2 aliphatic rings. The predicted octanol–water partition coefficient (Wildman–Crippen LogP) is 2.67. The molecule has 4 unspecified atom stereocenters. The van der Waals surface area contributed by atoms with Gasteiger partial charge in [0.1, 0.15) is 6.04 Å². The van der Waals surface area contributed by atoms with Crippen LogP contribution in [-0.4, -0.2) is 35.2 Å². The molecule has 1 aromatic rings. The zero-order chi connectivity index (χ0) is 16.6. The first-order valence-electron chi connectivity index (χ1n) is 7.56. The van der Waals surface area contributed by atoms with Crippen molar-refractivity contribution in [3.8, 4) is 0 Å². The number of benzene rings is 1. The number of nitrogens with one attached hydrogen (secondary N) is 1. The first-order chi connectivity index (χ1) is 10.9. The number of fused-ring (bicyclic) bond motifs is 2. The first kappa shape index (κ1) is 16.6. The van der Waals surface area contributed by atoms with Gasteiger partial charge in [0.2, 0.25) is 5.91 Å². The van der Waals surface area contributed by atoms with Crippen LogP contribution < -0.4 is 5.32 Å². The summed E-state index contributed by atoms with van der Waals surface area (Å²) in [5.74, 6) is -1.59. The zero-order valence-electron chi connectivity index (χ0n) is 12.3. The van der Waals surface area contributed by atoms with Gasteiger partial charge < -0.3 is 15.2 Å². The third-order valence-electron chi connectivity index (χ3n) is 4.42. The topological polar surface area (TPSA) is 75.6 Å². The Morgan fingerprint density at radius 1 is 1.26 bits per heavy atom. The quantitative estimate of drug-likeness (QED) is 0.849. The van der Waals surface area contributed by atoms with E-state index in [0.717, 1.165) is 12.8 Å². The minimum absolute atomic E-state index is 0.0740. The fourth-order valence-corrected chi connectivity index (χ4v) is 3.93. The number of carboxylic acids is 1. The monoisotopic (exact) mass is 357 g/mol. The second-order valence-corrected chi connectivity index (χ2v) is 6.97. The maximum absolute atomic E-state index is 12.4. The normalized spacial score (nSPS) is 27.0. The van der Waals surface area contributed by atoms with Gasteiger partial charge in [0.25, 0.3) is 0 Å². The number of hydrogen-bond acceptors (Lipinski definition) is 3. The Hall–Kier alpha value is -1.30. The maximum atomic E-state index is 12.4. The van der Waals surface area contributed by atoms with Crippen molar-refractivity contribution in [1.82, 2.24) is 5.32 Å². The second-order valence-electron chi connectivity index (χ2n) is 6.10. The summed E-state index contributed by atoms with van der Waals surface area (Å²) in [7, 11) is 0. The highest BCUT2D eigenvalue weighted by molar-refractivity contribution is 6.34. The summed E-state index contributed by atoms with van der Waals surface area (Å²) in [6.07, 6.45) is 2.72. The molecular formula is C16H17Cl2NO4. The fraction of sp³-hybridized carbons (Fsp3) is 0.500. The summed E-state index contributed by atoms with van der Waals surface area (Å²) in [5.41, 5.74) is 0.666. The Labute approximate surface area is 143 Å². The first-order valence-corrected chi connectivity index (χ1v) is 8.31. The minimum atomic E-state index is -1.08. The predicted molar refractivity (Wildman–Crippen MR) is 85.7 cm³/mol. The van der Waals surface area contributed by atoms with Gasteiger partial charge in [0, 0.05) is 16.5 Å². The highest BCUT2D eigenvalue weighted by Gasteiger charge is 2.45. The van der Waals surface area contributed by atoms with E-state index in [0.29, 0.717) is 22.0 Å². The van der Waals surface area contributed by atoms with E-state index >= 15 is 0 Å². The third kappa shape index (κ3) is 3.79. The summed E-state index contributed by atoms with van der Waals surface area (Å²) in [6.45, 7) is 0. The van der Waals surface area contributed by atoms with Gasteiger partial charge in [-0.1, -0.05) is 23.2 Å². The van der Waals surface area contributed by atoms with Crippen molar-refractivity contribution in [2.24, 2.45) is 5.92 Å². The smallest absolute Gasteiger partial charge is 0.326 e. The van der Waals surface area contributed by atoms with E-state index in [2.05, 4.69) is 5.32 Å². The zero-order valence-corrected chi connectivity index (χ0v) is 13.8. The maximum Gasteiger partial charge on any atom is 0.326 e. The number of ether oxygens (including phenoxy) is 1. The van der Waals surface area contributed by atoms with Crippen LogP contribution in [0.5, 0.6) is 0 Å². The number of halogens is 2. The highest BCUT2D eigenvalue weighted by atomic mass is 35.5. The minimum Gasteiger partial charge on any atom is -0.480 e. The van der Waals surface area contributed by atoms with E-state index in [4.69, 9.17) is 27.9 Å². The molecule has 23 heavy (non-hydrogen) atoms. The van der Waals surface area contributed by atoms with Crippen molar-refractivity contribution in [2.45, 2.75) is 43.9 Å². The van der Waals surface area contributed by atoms with Crippen LogP contribution in [0, 0.1) is 5.92 Å². The van der Waals surface area contributed by atoms with Crippen molar-refractivity contribution in [3.05, 3.63) is 33.8 Å². The van der Waals surface area contributed by atoms with Gasteiger partial charge in [-0.25, -0.2) is 4.79 Å². The molecule has 2 N–H and O–H groups in total. The number of hydrogen-bond donors (Lipinski definition) is 2. The number of carbonyl (C=O) groups is 2. The molecule has 3 rings (SSSR count). The van der Waals surface area contributed by atoms with Crippen LogP contribution in [-0.2, 0) is 20.7 Å².